The third-order valence-electron chi connectivity index (χ3n) is 3.22. The van der Waals surface area contributed by atoms with Crippen molar-refractivity contribution in [3.8, 4) is 5.75 Å². The van der Waals surface area contributed by atoms with Gasteiger partial charge in [-0.1, -0.05) is 13.8 Å². The number of nitrogens with one attached hydrogen (secondary N) is 2. The van der Waals surface area contributed by atoms with Gasteiger partial charge in [-0.15, -0.1) is 11.8 Å². The van der Waals surface area contributed by atoms with Crippen molar-refractivity contribution in [1.82, 2.24) is 10.6 Å². The second kappa shape index (κ2) is 10.6. The third kappa shape index (κ3) is 7.47. The molecule has 0 unspecified atom stereocenters. The van der Waals surface area contributed by atoms with Gasteiger partial charge in [0.2, 0.25) is 0 Å². The van der Waals surface area contributed by atoms with Gasteiger partial charge in [-0.25, -0.2) is 9.59 Å². The van der Waals surface area contributed by atoms with Crippen LogP contribution in [0, 0.1) is 5.92 Å². The van der Waals surface area contributed by atoms with E-state index in [1.165, 1.54) is 18.9 Å². The second-order valence-corrected chi connectivity index (χ2v) is 6.51. The summed E-state index contributed by atoms with van der Waals surface area (Å²) in [5.41, 5.74) is 0.217. The lowest BCUT2D eigenvalue weighted by atomic mass is 10.1. The molecule has 1 rings (SSSR count). The first-order chi connectivity index (χ1) is 11.9. The van der Waals surface area contributed by atoms with E-state index in [-0.39, 0.29) is 5.56 Å². The Balaban J connectivity index is 2.48. The number of amides is 3. The molecule has 138 valence electrons. The van der Waals surface area contributed by atoms with Gasteiger partial charge in [0.25, 0.3) is 5.91 Å². The highest BCUT2D eigenvalue weighted by Crippen LogP contribution is 2.25. The maximum absolute atomic E-state index is 12.1. The van der Waals surface area contributed by atoms with Crippen LogP contribution in [0.4, 0.5) is 4.79 Å². The predicted molar refractivity (Wildman–Crippen MR) is 96.1 cm³/mol. The molecule has 25 heavy (non-hydrogen) atoms. The Morgan fingerprint density at radius 1 is 1.24 bits per heavy atom. The maximum Gasteiger partial charge on any atom is 0.342 e. The van der Waals surface area contributed by atoms with E-state index in [0.717, 1.165) is 11.3 Å². The monoisotopic (exact) mass is 368 g/mol. The van der Waals surface area contributed by atoms with Gasteiger partial charge < -0.3 is 14.8 Å². The SMILES string of the molecule is COc1cc(SC)ccc1C(=O)OCC(=O)NC(=O)NCCC(C)C. The fourth-order valence-electron chi connectivity index (χ4n) is 1.86. The fourth-order valence-corrected chi connectivity index (χ4v) is 2.29. The van der Waals surface area contributed by atoms with Crippen LogP contribution in [0.5, 0.6) is 5.75 Å². The number of carbonyl (C=O) groups excluding carboxylic acids is 3. The molecule has 0 aromatic heterocycles. The largest absolute Gasteiger partial charge is 0.496 e. The molecule has 2 N–H and O–H groups in total. The number of esters is 1. The fraction of sp³-hybridized carbons (Fsp3) is 0.471. The summed E-state index contributed by atoms with van der Waals surface area (Å²) in [6, 6.07) is 4.43. The van der Waals surface area contributed by atoms with Crippen LogP contribution in [-0.2, 0) is 9.53 Å². The van der Waals surface area contributed by atoms with Gasteiger partial charge in [0.15, 0.2) is 6.61 Å². The van der Waals surface area contributed by atoms with Crippen LogP contribution in [0.3, 0.4) is 0 Å². The number of hydrogen-bond acceptors (Lipinski definition) is 6. The topological polar surface area (TPSA) is 93.7 Å². The van der Waals surface area contributed by atoms with E-state index >= 15 is 0 Å². The van der Waals surface area contributed by atoms with Crippen molar-refractivity contribution in [2.24, 2.45) is 5.92 Å². The highest BCUT2D eigenvalue weighted by atomic mass is 32.2. The molecule has 0 aliphatic heterocycles. The van der Waals surface area contributed by atoms with Crippen molar-refractivity contribution in [2.75, 3.05) is 26.5 Å². The van der Waals surface area contributed by atoms with E-state index in [2.05, 4.69) is 10.6 Å². The summed E-state index contributed by atoms with van der Waals surface area (Å²) in [4.78, 5) is 36.2. The van der Waals surface area contributed by atoms with Crippen LogP contribution >= 0.6 is 11.8 Å². The third-order valence-corrected chi connectivity index (χ3v) is 3.95. The smallest absolute Gasteiger partial charge is 0.342 e. The molecule has 0 aliphatic carbocycles. The summed E-state index contributed by atoms with van der Waals surface area (Å²) in [6.45, 7) is 3.98. The summed E-state index contributed by atoms with van der Waals surface area (Å²) in [7, 11) is 1.45. The molecule has 8 heteroatoms. The first-order valence-corrected chi connectivity index (χ1v) is 9.06. The van der Waals surface area contributed by atoms with Gasteiger partial charge in [0.05, 0.1) is 7.11 Å². The maximum atomic E-state index is 12.1. The van der Waals surface area contributed by atoms with Gasteiger partial charge in [-0.3, -0.25) is 10.1 Å². The van der Waals surface area contributed by atoms with E-state index in [4.69, 9.17) is 9.47 Å². The molecule has 0 aliphatic rings. The summed E-state index contributed by atoms with van der Waals surface area (Å²) < 4.78 is 10.1. The zero-order valence-corrected chi connectivity index (χ0v) is 15.7. The molecule has 0 saturated carbocycles. The van der Waals surface area contributed by atoms with E-state index in [1.807, 2.05) is 20.1 Å². The minimum Gasteiger partial charge on any atom is -0.496 e. The molecule has 0 spiro atoms. The number of thioether (sulfide) groups is 1. The standard InChI is InChI=1S/C17H24N2O5S/c1-11(2)7-8-18-17(22)19-15(20)10-24-16(21)13-6-5-12(25-4)9-14(13)23-3/h5-6,9,11H,7-8,10H2,1-4H3,(H2,18,19,20,22). The van der Waals surface area contributed by atoms with Gasteiger partial charge in [-0.2, -0.15) is 0 Å². The highest BCUT2D eigenvalue weighted by molar-refractivity contribution is 7.98. The number of benzene rings is 1. The van der Waals surface area contributed by atoms with Crippen molar-refractivity contribution in [3.63, 3.8) is 0 Å². The lowest BCUT2D eigenvalue weighted by Gasteiger charge is -2.10. The Kier molecular flexibility index (Phi) is 8.83. The molecular weight excluding hydrogens is 344 g/mol. The Hall–Kier alpha value is -2.22. The molecule has 7 nitrogen and oxygen atoms in total. The van der Waals surface area contributed by atoms with Crippen molar-refractivity contribution in [2.45, 2.75) is 25.2 Å². The number of urea groups is 1. The average Bonchev–Trinajstić information content (AvgIpc) is 2.58. The van der Waals surface area contributed by atoms with Crippen LogP contribution in [0.25, 0.3) is 0 Å². The summed E-state index contributed by atoms with van der Waals surface area (Å²) in [5.74, 6) is -0.580. The Bertz CT molecular complexity index is 619. The van der Waals surface area contributed by atoms with Gasteiger partial charge in [0, 0.05) is 11.4 Å². The van der Waals surface area contributed by atoms with Crippen LogP contribution in [0.2, 0.25) is 0 Å². The summed E-state index contributed by atoms with van der Waals surface area (Å²) in [6.07, 6.45) is 2.71. The molecule has 3 amide bonds. The van der Waals surface area contributed by atoms with E-state index < -0.39 is 24.5 Å². The average molecular weight is 368 g/mol. The van der Waals surface area contributed by atoms with Crippen molar-refractivity contribution >= 4 is 29.7 Å². The van der Waals surface area contributed by atoms with Crippen molar-refractivity contribution < 1.29 is 23.9 Å². The molecule has 0 heterocycles. The molecular formula is C17H24N2O5S. The lowest BCUT2D eigenvalue weighted by molar-refractivity contribution is -0.123. The molecule has 0 fully saturated rings. The zero-order valence-electron chi connectivity index (χ0n) is 14.9. The summed E-state index contributed by atoms with van der Waals surface area (Å²) in [5, 5.41) is 4.67. The van der Waals surface area contributed by atoms with Crippen LogP contribution in [0.1, 0.15) is 30.6 Å². The molecule has 0 bridgehead atoms. The number of methoxy groups -OCH3 is 1. The number of imide groups is 1. The number of carbonyl (C=O) groups is 3. The minimum absolute atomic E-state index is 0.217. The number of rotatable bonds is 8. The van der Waals surface area contributed by atoms with E-state index in [1.54, 1.807) is 18.2 Å². The van der Waals surface area contributed by atoms with Crippen molar-refractivity contribution in [3.05, 3.63) is 23.8 Å². The molecule has 1 aromatic rings. The first-order valence-electron chi connectivity index (χ1n) is 7.84. The highest BCUT2D eigenvalue weighted by Gasteiger charge is 2.16. The van der Waals surface area contributed by atoms with E-state index in [9.17, 15) is 14.4 Å². The molecule has 1 aromatic carbocycles. The number of hydrogen-bond donors (Lipinski definition) is 2. The second-order valence-electron chi connectivity index (χ2n) is 5.63. The quantitative estimate of drug-likeness (QED) is 0.541. The normalized spacial score (nSPS) is 10.3. The Morgan fingerprint density at radius 2 is 1.96 bits per heavy atom. The Morgan fingerprint density at radius 3 is 2.56 bits per heavy atom. The zero-order chi connectivity index (χ0) is 18.8. The van der Waals surface area contributed by atoms with Gasteiger partial charge in [0.1, 0.15) is 11.3 Å². The van der Waals surface area contributed by atoms with E-state index in [0.29, 0.717) is 18.2 Å². The minimum atomic E-state index is -0.699. The molecule has 0 radical (unpaired) electrons. The van der Waals surface area contributed by atoms with Crippen molar-refractivity contribution in [1.29, 1.82) is 0 Å². The van der Waals surface area contributed by atoms with Crippen LogP contribution in [-0.4, -0.2) is 44.4 Å². The van der Waals surface area contributed by atoms with Crippen LogP contribution < -0.4 is 15.4 Å². The predicted octanol–water partition coefficient (Wildman–Crippen LogP) is 2.45. The number of ether oxygens (including phenoxy) is 2. The molecule has 0 saturated heterocycles. The molecule has 0 atom stereocenters. The lowest BCUT2D eigenvalue weighted by Crippen LogP contribution is -2.42. The first kappa shape index (κ1) is 20.8. The van der Waals surface area contributed by atoms with Gasteiger partial charge in [-0.05, 0) is 36.8 Å². The Labute approximate surface area is 151 Å². The van der Waals surface area contributed by atoms with Crippen LogP contribution in [0.15, 0.2) is 23.1 Å². The van der Waals surface area contributed by atoms with Gasteiger partial charge >= 0.3 is 12.0 Å². The summed E-state index contributed by atoms with van der Waals surface area (Å²) >= 11 is 1.51.